The van der Waals surface area contributed by atoms with E-state index in [1.54, 1.807) is 19.3 Å². The largest absolute Gasteiger partial charge is 0.473 e. The number of sulfonamides is 1. The van der Waals surface area contributed by atoms with Crippen LogP contribution in [0.15, 0.2) is 50.6 Å². The number of hydrogen-bond donors (Lipinski definition) is 0. The second kappa shape index (κ2) is 6.50. The monoisotopic (exact) mass is 389 g/mol. The van der Waals surface area contributed by atoms with Gasteiger partial charge in [-0.3, -0.25) is 4.57 Å². The van der Waals surface area contributed by atoms with Crippen molar-refractivity contribution in [3.63, 3.8) is 0 Å². The van der Waals surface area contributed by atoms with Crippen LogP contribution in [0.25, 0.3) is 11.1 Å². The number of aromatic nitrogens is 2. The van der Waals surface area contributed by atoms with E-state index in [-0.39, 0.29) is 17.5 Å². The van der Waals surface area contributed by atoms with Gasteiger partial charge in [0.2, 0.25) is 15.9 Å². The Morgan fingerprint density at radius 2 is 2.07 bits per heavy atom. The molecule has 1 aliphatic rings. The average molecular weight is 389 g/mol. The van der Waals surface area contributed by atoms with E-state index in [1.165, 1.54) is 27.1 Å². The molecule has 1 fully saturated rings. The summed E-state index contributed by atoms with van der Waals surface area (Å²) >= 11 is 0. The molecule has 1 aromatic carbocycles. The number of oxazole rings is 1. The normalized spacial score (nSPS) is 18.2. The molecule has 3 heterocycles. The lowest BCUT2D eigenvalue weighted by Gasteiger charge is -2.17. The Bertz CT molecular complexity index is 1150. The summed E-state index contributed by atoms with van der Waals surface area (Å²) < 4.78 is 39.5. The van der Waals surface area contributed by atoms with E-state index in [0.717, 1.165) is 5.56 Å². The zero-order valence-corrected chi connectivity index (χ0v) is 15.8. The van der Waals surface area contributed by atoms with Crippen LogP contribution in [0.4, 0.5) is 0 Å². The van der Waals surface area contributed by atoms with Gasteiger partial charge in [-0.05, 0) is 37.1 Å². The summed E-state index contributed by atoms with van der Waals surface area (Å²) in [7, 11) is -2.15. The van der Waals surface area contributed by atoms with Crippen molar-refractivity contribution in [3.8, 4) is 5.88 Å². The topological polar surface area (TPSA) is 94.6 Å². The number of nitrogens with zero attached hydrogens (tertiary/aromatic N) is 3. The van der Waals surface area contributed by atoms with Crippen molar-refractivity contribution in [2.24, 2.45) is 7.05 Å². The van der Waals surface area contributed by atoms with Gasteiger partial charge in [0.15, 0.2) is 5.58 Å². The van der Waals surface area contributed by atoms with Gasteiger partial charge in [-0.2, -0.15) is 4.31 Å². The minimum Gasteiger partial charge on any atom is -0.473 e. The minimum absolute atomic E-state index is 0.125. The summed E-state index contributed by atoms with van der Waals surface area (Å²) in [5, 5.41) is 0. The number of benzene rings is 1. The van der Waals surface area contributed by atoms with Crippen molar-refractivity contribution in [3.05, 3.63) is 52.6 Å². The highest BCUT2D eigenvalue weighted by atomic mass is 32.2. The van der Waals surface area contributed by atoms with Gasteiger partial charge in [0.25, 0.3) is 0 Å². The van der Waals surface area contributed by atoms with Crippen molar-refractivity contribution in [2.75, 3.05) is 13.1 Å². The molecule has 0 saturated carbocycles. The summed E-state index contributed by atoms with van der Waals surface area (Å²) in [5.74, 6) is -0.0422. The summed E-state index contributed by atoms with van der Waals surface area (Å²) in [6, 6.07) is 8.10. The molecule has 1 aliphatic heterocycles. The first kappa shape index (κ1) is 17.7. The molecule has 0 N–H and O–H groups in total. The second-order valence-corrected chi connectivity index (χ2v) is 8.56. The zero-order valence-electron chi connectivity index (χ0n) is 15.0. The standard InChI is InChI=1S/C18H19N3O5S/c1-12-3-6-17(19-10-12)25-13-7-8-21(11-13)27(23,24)14-4-5-16-15(9-14)20(2)18(22)26-16/h3-6,9-10,13H,7-8,11H2,1-2H3. The third-order valence-electron chi connectivity index (χ3n) is 4.68. The molecule has 1 unspecified atom stereocenters. The van der Waals surface area contributed by atoms with Gasteiger partial charge in [0.05, 0.1) is 17.0 Å². The van der Waals surface area contributed by atoms with Gasteiger partial charge < -0.3 is 9.15 Å². The number of ether oxygens (including phenoxy) is 1. The summed E-state index contributed by atoms with van der Waals surface area (Å²) in [6.07, 6.45) is 2.04. The SMILES string of the molecule is Cc1ccc(OC2CCN(S(=O)(=O)c3ccc4oc(=O)n(C)c4c3)C2)nc1. The predicted molar refractivity (Wildman–Crippen MR) is 98.2 cm³/mol. The Labute approximate surface area is 156 Å². The fraction of sp³-hybridized carbons (Fsp3) is 0.333. The van der Waals surface area contributed by atoms with E-state index in [9.17, 15) is 13.2 Å². The zero-order chi connectivity index (χ0) is 19.2. The summed E-state index contributed by atoms with van der Waals surface area (Å²) in [6.45, 7) is 2.55. The van der Waals surface area contributed by atoms with E-state index in [1.807, 2.05) is 13.0 Å². The molecular weight excluding hydrogens is 370 g/mol. The number of pyridine rings is 1. The molecule has 4 rings (SSSR count). The van der Waals surface area contributed by atoms with Crippen molar-refractivity contribution >= 4 is 21.1 Å². The molecule has 0 amide bonds. The van der Waals surface area contributed by atoms with Crippen molar-refractivity contribution in [2.45, 2.75) is 24.3 Å². The fourth-order valence-electron chi connectivity index (χ4n) is 3.12. The Kier molecular flexibility index (Phi) is 4.27. The van der Waals surface area contributed by atoms with Crippen LogP contribution in [0.3, 0.4) is 0 Å². The average Bonchev–Trinajstić information content (AvgIpc) is 3.22. The lowest BCUT2D eigenvalue weighted by molar-refractivity contribution is 0.207. The first-order chi connectivity index (χ1) is 12.8. The molecule has 3 aromatic rings. The number of aryl methyl sites for hydroxylation is 2. The van der Waals surface area contributed by atoms with Gasteiger partial charge in [-0.25, -0.2) is 18.2 Å². The highest BCUT2D eigenvalue weighted by molar-refractivity contribution is 7.89. The number of fused-ring (bicyclic) bond motifs is 1. The highest BCUT2D eigenvalue weighted by Crippen LogP contribution is 2.25. The molecule has 142 valence electrons. The van der Waals surface area contributed by atoms with Crippen molar-refractivity contribution in [1.82, 2.24) is 13.9 Å². The molecule has 8 nitrogen and oxygen atoms in total. The van der Waals surface area contributed by atoms with Crippen molar-refractivity contribution < 1.29 is 17.6 Å². The van der Waals surface area contributed by atoms with Gasteiger partial charge in [0, 0.05) is 25.9 Å². The van der Waals surface area contributed by atoms with E-state index >= 15 is 0 Å². The quantitative estimate of drug-likeness (QED) is 0.674. The molecule has 2 aromatic heterocycles. The molecule has 9 heteroatoms. The molecule has 0 bridgehead atoms. The fourth-order valence-corrected chi connectivity index (χ4v) is 4.63. The number of rotatable bonds is 4. The Morgan fingerprint density at radius 1 is 1.26 bits per heavy atom. The maximum atomic E-state index is 13.0. The van der Waals surface area contributed by atoms with Crippen LogP contribution in [0, 0.1) is 6.92 Å². The molecule has 0 aliphatic carbocycles. The minimum atomic E-state index is -3.69. The predicted octanol–water partition coefficient (Wildman–Crippen LogP) is 1.68. The van der Waals surface area contributed by atoms with Gasteiger partial charge in [-0.15, -0.1) is 0 Å². The molecule has 27 heavy (non-hydrogen) atoms. The molecule has 0 spiro atoms. The first-order valence-electron chi connectivity index (χ1n) is 8.53. The smallest absolute Gasteiger partial charge is 0.419 e. The van der Waals surface area contributed by atoms with E-state index < -0.39 is 15.8 Å². The summed E-state index contributed by atoms with van der Waals surface area (Å²) in [5.41, 5.74) is 1.83. The van der Waals surface area contributed by atoms with Crippen molar-refractivity contribution in [1.29, 1.82) is 0 Å². The van der Waals surface area contributed by atoms with Gasteiger partial charge >= 0.3 is 5.76 Å². The van der Waals surface area contributed by atoms with E-state index in [4.69, 9.17) is 9.15 Å². The van der Waals surface area contributed by atoms with Crippen LogP contribution >= 0.6 is 0 Å². The molecule has 1 atom stereocenters. The summed E-state index contributed by atoms with van der Waals surface area (Å²) in [4.78, 5) is 15.9. The number of hydrogen-bond acceptors (Lipinski definition) is 6. The van der Waals surface area contributed by atoms with E-state index in [2.05, 4.69) is 4.98 Å². The van der Waals surface area contributed by atoms with Crippen LogP contribution in [0.2, 0.25) is 0 Å². The Morgan fingerprint density at radius 3 is 2.81 bits per heavy atom. The lowest BCUT2D eigenvalue weighted by Crippen LogP contribution is -2.31. The van der Waals surface area contributed by atoms with Crippen LogP contribution in [0.5, 0.6) is 5.88 Å². The third-order valence-corrected chi connectivity index (χ3v) is 6.54. The maximum Gasteiger partial charge on any atom is 0.419 e. The second-order valence-electron chi connectivity index (χ2n) is 6.62. The molecule has 1 saturated heterocycles. The van der Waals surface area contributed by atoms with Crippen LogP contribution in [0.1, 0.15) is 12.0 Å². The van der Waals surface area contributed by atoms with Gasteiger partial charge in [-0.1, -0.05) is 6.07 Å². The van der Waals surface area contributed by atoms with Crippen LogP contribution < -0.4 is 10.5 Å². The third kappa shape index (κ3) is 3.24. The van der Waals surface area contributed by atoms with Crippen LogP contribution in [-0.2, 0) is 17.1 Å². The lowest BCUT2D eigenvalue weighted by atomic mass is 10.3. The maximum absolute atomic E-state index is 13.0. The van der Waals surface area contributed by atoms with Gasteiger partial charge in [0.1, 0.15) is 6.10 Å². The molecule has 0 radical (unpaired) electrons. The Balaban J connectivity index is 1.55. The highest BCUT2D eigenvalue weighted by Gasteiger charge is 2.34. The Hall–Kier alpha value is -2.65. The van der Waals surface area contributed by atoms with Crippen LogP contribution in [-0.4, -0.2) is 41.5 Å². The molecular formula is C18H19N3O5S. The van der Waals surface area contributed by atoms with E-state index in [0.29, 0.717) is 29.9 Å². The first-order valence-corrected chi connectivity index (χ1v) is 9.97.